The summed E-state index contributed by atoms with van der Waals surface area (Å²) in [6.45, 7) is 1.15. The van der Waals surface area contributed by atoms with Gasteiger partial charge in [-0.05, 0) is 54.8 Å². The molecule has 1 saturated heterocycles. The Morgan fingerprint density at radius 3 is 2.41 bits per heavy atom. The fourth-order valence-corrected chi connectivity index (χ4v) is 5.16. The number of piperidine rings is 1. The molecule has 0 unspecified atom stereocenters. The monoisotopic (exact) mass is 557 g/mol. The molecule has 11 nitrogen and oxygen atoms in total. The number of likely N-dealkylation sites (tertiary alicyclic amines) is 1. The molecule has 0 aliphatic carbocycles. The Morgan fingerprint density at radius 1 is 0.976 bits per heavy atom. The lowest BCUT2D eigenvalue weighted by atomic mass is 9.90. The van der Waals surface area contributed by atoms with E-state index in [1.165, 1.54) is 33.9 Å². The number of aliphatic hydroxyl groups excluding tert-OH is 1. The standard InChI is InChI=1S/C29H28FN7O4/c30-23-5-7-24(8-6-23)37-26-25(16-33-37)28(40)35(19-31-26)18-29(41)9-11-34(12-10-29)27(39)21-3-1-20(2-4-21)22-15-32-36(17-22)13-14-38/h1-8,15-17,19,38,41H,9-14,18H2. The number of rotatable bonds is 7. The van der Waals surface area contributed by atoms with Gasteiger partial charge in [-0.1, -0.05) is 12.1 Å². The first-order valence-electron chi connectivity index (χ1n) is 13.3. The number of aromatic nitrogens is 6. The molecule has 6 rings (SSSR count). The molecule has 1 amide bonds. The zero-order valence-corrected chi connectivity index (χ0v) is 22.1. The Morgan fingerprint density at radius 2 is 1.71 bits per heavy atom. The van der Waals surface area contributed by atoms with Crippen molar-refractivity contribution in [2.24, 2.45) is 0 Å². The molecule has 0 bridgehead atoms. The molecule has 1 aliphatic heterocycles. The van der Waals surface area contributed by atoms with Crippen molar-refractivity contribution >= 4 is 16.9 Å². The lowest BCUT2D eigenvalue weighted by Crippen LogP contribution is -2.49. The number of hydrogen-bond donors (Lipinski definition) is 2. The Labute approximate surface area is 233 Å². The highest BCUT2D eigenvalue weighted by molar-refractivity contribution is 5.94. The Kier molecular flexibility index (Phi) is 6.93. The molecule has 3 aromatic heterocycles. The lowest BCUT2D eigenvalue weighted by molar-refractivity contribution is -0.0299. The molecule has 0 radical (unpaired) electrons. The molecule has 1 fully saturated rings. The molecule has 4 heterocycles. The quantitative estimate of drug-likeness (QED) is 0.314. The molecule has 12 heteroatoms. The third-order valence-corrected chi connectivity index (χ3v) is 7.50. The maximum absolute atomic E-state index is 13.3. The molecule has 210 valence electrons. The van der Waals surface area contributed by atoms with E-state index in [1.54, 1.807) is 40.0 Å². The van der Waals surface area contributed by atoms with Crippen LogP contribution in [0.1, 0.15) is 23.2 Å². The van der Waals surface area contributed by atoms with Gasteiger partial charge in [-0.3, -0.25) is 18.8 Å². The van der Waals surface area contributed by atoms with Gasteiger partial charge in [-0.15, -0.1) is 0 Å². The maximum atomic E-state index is 13.3. The van der Waals surface area contributed by atoms with Gasteiger partial charge in [0.2, 0.25) is 0 Å². The van der Waals surface area contributed by atoms with E-state index in [4.69, 9.17) is 5.11 Å². The largest absolute Gasteiger partial charge is 0.394 e. The van der Waals surface area contributed by atoms with E-state index in [9.17, 15) is 19.1 Å². The second-order valence-corrected chi connectivity index (χ2v) is 10.3. The Bertz CT molecular complexity index is 1750. The number of halogens is 1. The minimum absolute atomic E-state index is 0.00683. The number of fused-ring (bicyclic) bond motifs is 1. The number of aliphatic hydroxyl groups is 2. The van der Waals surface area contributed by atoms with Gasteiger partial charge in [-0.2, -0.15) is 10.2 Å². The number of carbonyl (C=O) groups is 1. The summed E-state index contributed by atoms with van der Waals surface area (Å²) in [7, 11) is 0. The van der Waals surface area contributed by atoms with Crippen LogP contribution in [0, 0.1) is 5.82 Å². The lowest BCUT2D eigenvalue weighted by Gasteiger charge is -2.38. The third kappa shape index (κ3) is 5.26. The molecule has 0 spiro atoms. The van der Waals surface area contributed by atoms with Gasteiger partial charge >= 0.3 is 0 Å². The fraction of sp³-hybridized carbons (Fsp3) is 0.276. The number of nitrogens with zero attached hydrogens (tertiary/aromatic N) is 7. The van der Waals surface area contributed by atoms with Gasteiger partial charge in [0.25, 0.3) is 11.5 Å². The Hall–Kier alpha value is -4.68. The molecule has 0 atom stereocenters. The van der Waals surface area contributed by atoms with E-state index in [1.807, 2.05) is 18.3 Å². The van der Waals surface area contributed by atoms with Crippen LogP contribution < -0.4 is 5.56 Å². The van der Waals surface area contributed by atoms with E-state index < -0.39 is 5.60 Å². The summed E-state index contributed by atoms with van der Waals surface area (Å²) < 4.78 is 17.8. The summed E-state index contributed by atoms with van der Waals surface area (Å²) in [4.78, 5) is 32.4. The summed E-state index contributed by atoms with van der Waals surface area (Å²) in [5.74, 6) is -0.498. The van der Waals surface area contributed by atoms with Crippen LogP contribution in [0.4, 0.5) is 4.39 Å². The molecule has 1 aliphatic rings. The van der Waals surface area contributed by atoms with E-state index in [0.29, 0.717) is 49.4 Å². The summed E-state index contributed by atoms with van der Waals surface area (Å²) in [5.41, 5.74) is 1.76. The summed E-state index contributed by atoms with van der Waals surface area (Å²) in [6, 6.07) is 13.0. The van der Waals surface area contributed by atoms with Crippen molar-refractivity contribution in [3.63, 3.8) is 0 Å². The van der Waals surface area contributed by atoms with Crippen LogP contribution in [-0.2, 0) is 13.1 Å². The molecule has 41 heavy (non-hydrogen) atoms. The van der Waals surface area contributed by atoms with E-state index in [2.05, 4.69) is 15.2 Å². The minimum Gasteiger partial charge on any atom is -0.394 e. The van der Waals surface area contributed by atoms with Crippen molar-refractivity contribution in [2.45, 2.75) is 31.5 Å². The van der Waals surface area contributed by atoms with E-state index >= 15 is 0 Å². The van der Waals surface area contributed by atoms with Crippen LogP contribution in [-0.4, -0.2) is 75.4 Å². The van der Waals surface area contributed by atoms with Crippen molar-refractivity contribution in [2.75, 3.05) is 19.7 Å². The maximum Gasteiger partial charge on any atom is 0.264 e. The second-order valence-electron chi connectivity index (χ2n) is 10.3. The summed E-state index contributed by atoms with van der Waals surface area (Å²) >= 11 is 0. The predicted octanol–water partition coefficient (Wildman–Crippen LogP) is 2.24. The highest BCUT2D eigenvalue weighted by Crippen LogP contribution is 2.26. The van der Waals surface area contributed by atoms with Crippen molar-refractivity contribution < 1.29 is 19.4 Å². The average Bonchev–Trinajstić information content (AvgIpc) is 3.63. The highest BCUT2D eigenvalue weighted by Gasteiger charge is 2.35. The average molecular weight is 558 g/mol. The second kappa shape index (κ2) is 10.7. The third-order valence-electron chi connectivity index (χ3n) is 7.50. The van der Waals surface area contributed by atoms with Crippen LogP contribution in [0.3, 0.4) is 0 Å². The SMILES string of the molecule is O=C(c1ccc(-c2cnn(CCO)c2)cc1)N1CCC(O)(Cn2cnc3c(cnn3-c3ccc(F)cc3)c2=O)CC1. The fourth-order valence-electron chi connectivity index (χ4n) is 5.16. The van der Waals surface area contributed by atoms with Crippen molar-refractivity contribution in [1.29, 1.82) is 0 Å². The highest BCUT2D eigenvalue weighted by atomic mass is 19.1. The number of benzene rings is 2. The van der Waals surface area contributed by atoms with E-state index in [0.717, 1.165) is 11.1 Å². The summed E-state index contributed by atoms with van der Waals surface area (Å²) in [5, 5.41) is 29.1. The summed E-state index contributed by atoms with van der Waals surface area (Å²) in [6.07, 6.45) is 6.97. The Balaban J connectivity index is 1.11. The van der Waals surface area contributed by atoms with Gasteiger partial charge in [0.1, 0.15) is 17.5 Å². The van der Waals surface area contributed by atoms with Crippen LogP contribution >= 0.6 is 0 Å². The van der Waals surface area contributed by atoms with Crippen LogP contribution in [0.2, 0.25) is 0 Å². The van der Waals surface area contributed by atoms with Gasteiger partial charge < -0.3 is 15.1 Å². The zero-order valence-electron chi connectivity index (χ0n) is 22.1. The molecule has 5 aromatic rings. The van der Waals surface area contributed by atoms with Crippen molar-refractivity contribution in [3.05, 3.63) is 95.2 Å². The topological polar surface area (TPSA) is 131 Å². The molecule has 2 aromatic carbocycles. The first kappa shape index (κ1) is 26.5. The van der Waals surface area contributed by atoms with Crippen molar-refractivity contribution in [1.82, 2.24) is 34.0 Å². The molecule has 2 N–H and O–H groups in total. The number of carbonyl (C=O) groups excluding carboxylic acids is 1. The normalized spacial score (nSPS) is 15.0. The number of amides is 1. The smallest absolute Gasteiger partial charge is 0.264 e. The predicted molar refractivity (Wildman–Crippen MR) is 148 cm³/mol. The first-order valence-corrected chi connectivity index (χ1v) is 13.3. The van der Waals surface area contributed by atoms with Gasteiger partial charge in [-0.25, -0.2) is 14.1 Å². The molecular formula is C29H28FN7O4. The minimum atomic E-state index is -1.18. The van der Waals surface area contributed by atoms with Crippen LogP contribution in [0.25, 0.3) is 27.8 Å². The van der Waals surface area contributed by atoms with Gasteiger partial charge in [0.15, 0.2) is 5.65 Å². The molecule has 0 saturated carbocycles. The zero-order chi connectivity index (χ0) is 28.6. The number of hydrogen-bond acceptors (Lipinski definition) is 7. The van der Waals surface area contributed by atoms with Crippen LogP contribution in [0.5, 0.6) is 0 Å². The van der Waals surface area contributed by atoms with Crippen molar-refractivity contribution in [3.8, 4) is 16.8 Å². The first-order chi connectivity index (χ1) is 19.8. The van der Waals surface area contributed by atoms with E-state index in [-0.39, 0.29) is 35.8 Å². The molecular weight excluding hydrogens is 529 g/mol. The van der Waals surface area contributed by atoms with Gasteiger partial charge in [0.05, 0.1) is 43.4 Å². The van der Waals surface area contributed by atoms with Crippen LogP contribution in [0.15, 0.2) is 78.2 Å². The van der Waals surface area contributed by atoms with Gasteiger partial charge in [0, 0.05) is 30.4 Å².